The molecular formula is C16H21N3O2. The Balaban J connectivity index is 2.43. The average molecular weight is 287 g/mol. The maximum Gasteiger partial charge on any atom is 0.264 e. The van der Waals surface area contributed by atoms with Crippen molar-refractivity contribution in [1.29, 1.82) is 0 Å². The van der Waals surface area contributed by atoms with E-state index in [1.54, 1.807) is 4.57 Å². The number of carbonyl (C=O) groups is 1. The van der Waals surface area contributed by atoms with Crippen LogP contribution in [-0.4, -0.2) is 15.6 Å². The number of aromatic hydroxyl groups is 1. The topological polar surface area (TPSA) is 66.9 Å². The van der Waals surface area contributed by atoms with E-state index >= 15 is 0 Å². The molecule has 1 N–H and O–H groups in total. The van der Waals surface area contributed by atoms with Gasteiger partial charge in [0.25, 0.3) is 5.91 Å². The highest BCUT2D eigenvalue weighted by atomic mass is 16.3. The maximum absolute atomic E-state index is 11.6. The predicted octanol–water partition coefficient (Wildman–Crippen LogP) is 4.48. The molecule has 1 aromatic carbocycles. The lowest BCUT2D eigenvalue weighted by molar-refractivity contribution is -0.118. The van der Waals surface area contributed by atoms with Gasteiger partial charge in [-0.1, -0.05) is 25.0 Å². The monoisotopic (exact) mass is 287 g/mol. The minimum absolute atomic E-state index is 0.0603. The van der Waals surface area contributed by atoms with Crippen molar-refractivity contribution in [3.8, 4) is 5.88 Å². The molecule has 1 aromatic heterocycles. The summed E-state index contributed by atoms with van der Waals surface area (Å²) in [6.45, 7) is 6.58. The summed E-state index contributed by atoms with van der Waals surface area (Å²) in [5.74, 6) is -0.188. The molecule has 0 aliphatic carbocycles. The van der Waals surface area contributed by atoms with Crippen LogP contribution in [0.2, 0.25) is 0 Å². The van der Waals surface area contributed by atoms with Crippen molar-refractivity contribution in [3.63, 3.8) is 0 Å². The van der Waals surface area contributed by atoms with Gasteiger partial charge in [-0.25, -0.2) is 0 Å². The van der Waals surface area contributed by atoms with E-state index in [1.807, 2.05) is 39.0 Å². The molecule has 21 heavy (non-hydrogen) atoms. The zero-order chi connectivity index (χ0) is 15.4. The van der Waals surface area contributed by atoms with Gasteiger partial charge in [-0.15, -0.1) is 10.2 Å². The number of hydrogen-bond donors (Lipinski definition) is 1. The molecule has 5 heteroatoms. The number of azo groups is 1. The lowest BCUT2D eigenvalue weighted by Crippen LogP contribution is -1.92. The molecule has 0 aliphatic heterocycles. The first-order valence-electron chi connectivity index (χ1n) is 7.34. The van der Waals surface area contributed by atoms with Gasteiger partial charge in [0.15, 0.2) is 5.69 Å². The number of nitrogens with zero attached hydrogens (tertiary/aromatic N) is 3. The summed E-state index contributed by atoms with van der Waals surface area (Å²) in [7, 11) is 0. The van der Waals surface area contributed by atoms with Crippen molar-refractivity contribution in [2.75, 3.05) is 0 Å². The van der Waals surface area contributed by atoms with E-state index in [4.69, 9.17) is 0 Å². The second-order valence-electron chi connectivity index (χ2n) is 5.13. The first kappa shape index (κ1) is 15.2. The number of rotatable bonds is 5. The van der Waals surface area contributed by atoms with Crippen LogP contribution in [0.25, 0.3) is 10.9 Å². The number of amides is 1. The predicted molar refractivity (Wildman–Crippen MR) is 83.1 cm³/mol. The fourth-order valence-corrected chi connectivity index (χ4v) is 2.34. The molecule has 0 aliphatic rings. The fourth-order valence-electron chi connectivity index (χ4n) is 2.34. The Kier molecular flexibility index (Phi) is 4.73. The van der Waals surface area contributed by atoms with Crippen molar-refractivity contribution in [3.05, 3.63) is 23.8 Å². The summed E-state index contributed by atoms with van der Waals surface area (Å²) in [6, 6.07) is 5.89. The van der Waals surface area contributed by atoms with Gasteiger partial charge >= 0.3 is 0 Å². The third kappa shape index (κ3) is 3.12. The van der Waals surface area contributed by atoms with Gasteiger partial charge in [-0.3, -0.25) is 4.79 Å². The normalized spacial score (nSPS) is 11.6. The molecule has 0 spiro atoms. The van der Waals surface area contributed by atoms with E-state index in [2.05, 4.69) is 10.2 Å². The molecule has 0 saturated carbocycles. The van der Waals surface area contributed by atoms with Crippen LogP contribution in [0.3, 0.4) is 0 Å². The third-order valence-electron chi connectivity index (χ3n) is 3.49. The first-order valence-corrected chi connectivity index (χ1v) is 7.34. The van der Waals surface area contributed by atoms with Crippen LogP contribution < -0.4 is 0 Å². The molecule has 0 unspecified atom stereocenters. The summed E-state index contributed by atoms with van der Waals surface area (Å²) in [4.78, 5) is 11.6. The van der Waals surface area contributed by atoms with Gasteiger partial charge in [0, 0.05) is 18.4 Å². The van der Waals surface area contributed by atoms with Crippen LogP contribution >= 0.6 is 0 Å². The van der Waals surface area contributed by atoms with Crippen LogP contribution in [0.1, 0.15) is 38.7 Å². The van der Waals surface area contributed by atoms with Gasteiger partial charge in [-0.05, 0) is 32.4 Å². The van der Waals surface area contributed by atoms with E-state index in [-0.39, 0.29) is 11.8 Å². The largest absolute Gasteiger partial charge is 0.493 e. The summed E-state index contributed by atoms with van der Waals surface area (Å²) in [5.41, 5.74) is 2.35. The van der Waals surface area contributed by atoms with Crippen molar-refractivity contribution < 1.29 is 9.90 Å². The standard InChI is InChI=1S/C16H21N3O2/c1-4-6-7-14(20)17-18-15-12-10-11(3)8-9-13(12)19(5-2)16(15)21/h8-10,21H,4-7H2,1-3H3. The van der Waals surface area contributed by atoms with Gasteiger partial charge in [-0.2, -0.15) is 0 Å². The Bertz CT molecular complexity index is 686. The molecule has 2 aromatic rings. The first-order chi connectivity index (χ1) is 10.1. The fraction of sp³-hybridized carbons (Fsp3) is 0.438. The Morgan fingerprint density at radius 1 is 1.33 bits per heavy atom. The molecule has 0 atom stereocenters. The molecule has 1 heterocycles. The van der Waals surface area contributed by atoms with E-state index in [0.29, 0.717) is 18.7 Å². The molecule has 0 fully saturated rings. The van der Waals surface area contributed by atoms with Crippen molar-refractivity contribution in [1.82, 2.24) is 4.57 Å². The Morgan fingerprint density at radius 2 is 2.10 bits per heavy atom. The highest BCUT2D eigenvalue weighted by molar-refractivity contribution is 5.95. The highest BCUT2D eigenvalue weighted by Gasteiger charge is 2.16. The Morgan fingerprint density at radius 3 is 2.76 bits per heavy atom. The molecule has 1 amide bonds. The number of carbonyl (C=O) groups excluding carboxylic acids is 1. The quantitative estimate of drug-likeness (QED) is 0.824. The van der Waals surface area contributed by atoms with Crippen molar-refractivity contribution in [2.24, 2.45) is 10.2 Å². The molecule has 112 valence electrons. The molecule has 2 rings (SSSR count). The third-order valence-corrected chi connectivity index (χ3v) is 3.49. The molecule has 0 saturated heterocycles. The minimum atomic E-state index is -0.249. The van der Waals surface area contributed by atoms with Crippen LogP contribution in [0.15, 0.2) is 28.4 Å². The summed E-state index contributed by atoms with van der Waals surface area (Å²) in [6.07, 6.45) is 2.15. The zero-order valence-electron chi connectivity index (χ0n) is 12.8. The van der Waals surface area contributed by atoms with Gasteiger partial charge < -0.3 is 9.67 Å². The van der Waals surface area contributed by atoms with E-state index in [1.165, 1.54) is 0 Å². The highest BCUT2D eigenvalue weighted by Crippen LogP contribution is 2.39. The lowest BCUT2D eigenvalue weighted by atomic mass is 10.1. The van der Waals surface area contributed by atoms with Crippen LogP contribution in [0, 0.1) is 6.92 Å². The van der Waals surface area contributed by atoms with Gasteiger partial charge in [0.1, 0.15) is 0 Å². The zero-order valence-corrected chi connectivity index (χ0v) is 12.8. The van der Waals surface area contributed by atoms with Crippen molar-refractivity contribution >= 4 is 22.5 Å². The molecule has 0 radical (unpaired) electrons. The van der Waals surface area contributed by atoms with E-state index < -0.39 is 0 Å². The number of fused-ring (bicyclic) bond motifs is 1. The summed E-state index contributed by atoms with van der Waals surface area (Å²) >= 11 is 0. The number of unbranched alkanes of at least 4 members (excludes halogenated alkanes) is 1. The van der Waals surface area contributed by atoms with Crippen molar-refractivity contribution in [2.45, 2.75) is 46.6 Å². The Hall–Kier alpha value is -2.17. The number of hydrogen-bond acceptors (Lipinski definition) is 3. The van der Waals surface area contributed by atoms with E-state index in [0.717, 1.165) is 29.3 Å². The van der Waals surface area contributed by atoms with Gasteiger partial charge in [0.2, 0.25) is 5.88 Å². The summed E-state index contributed by atoms with van der Waals surface area (Å²) in [5, 5.41) is 18.8. The van der Waals surface area contributed by atoms with Crippen LogP contribution in [-0.2, 0) is 11.3 Å². The lowest BCUT2D eigenvalue weighted by Gasteiger charge is -2.01. The number of aromatic nitrogens is 1. The average Bonchev–Trinajstić information content (AvgIpc) is 2.73. The van der Waals surface area contributed by atoms with Crippen LogP contribution in [0.4, 0.5) is 5.69 Å². The van der Waals surface area contributed by atoms with E-state index in [9.17, 15) is 9.90 Å². The molecular weight excluding hydrogens is 266 g/mol. The Labute approximate surface area is 124 Å². The smallest absolute Gasteiger partial charge is 0.264 e. The van der Waals surface area contributed by atoms with Gasteiger partial charge in [0.05, 0.1) is 5.52 Å². The number of benzene rings is 1. The SMILES string of the molecule is CCCCC(=O)N=Nc1c(O)n(CC)c2ccc(C)cc12. The minimum Gasteiger partial charge on any atom is -0.493 e. The molecule has 5 nitrogen and oxygen atoms in total. The second kappa shape index (κ2) is 6.52. The van der Waals surface area contributed by atoms with Crippen LogP contribution in [0.5, 0.6) is 5.88 Å². The maximum atomic E-state index is 11.6. The number of aryl methyl sites for hydroxylation is 2. The molecule has 0 bridgehead atoms. The summed E-state index contributed by atoms with van der Waals surface area (Å²) < 4.78 is 1.76. The second-order valence-corrected chi connectivity index (χ2v) is 5.13.